The number of aromatic nitrogens is 1. The number of benzene rings is 2. The number of aliphatic hydroxyl groups excluding tert-OH is 1. The lowest BCUT2D eigenvalue weighted by Crippen LogP contribution is -2.38. The summed E-state index contributed by atoms with van der Waals surface area (Å²) >= 11 is 0. The molecular formula is C27H33N7O6. The van der Waals surface area contributed by atoms with Crippen molar-refractivity contribution in [2.75, 3.05) is 49.0 Å². The first kappa shape index (κ1) is 29.5. The van der Waals surface area contributed by atoms with Gasteiger partial charge in [0.25, 0.3) is 5.91 Å². The first-order chi connectivity index (χ1) is 19.3. The van der Waals surface area contributed by atoms with E-state index < -0.39 is 12.0 Å². The Morgan fingerprint density at radius 1 is 0.975 bits per heavy atom. The molecule has 0 saturated carbocycles. The lowest BCUT2D eigenvalue weighted by Gasteiger charge is -2.22. The van der Waals surface area contributed by atoms with Crippen molar-refractivity contribution in [1.29, 1.82) is 0 Å². The van der Waals surface area contributed by atoms with Crippen molar-refractivity contribution in [2.45, 2.75) is 18.9 Å². The molecule has 2 aromatic carbocycles. The number of nitrogen functional groups attached to an aromatic ring is 3. The Kier molecular flexibility index (Phi) is 10.9. The molecule has 13 nitrogen and oxygen atoms in total. The predicted molar refractivity (Wildman–Crippen MR) is 150 cm³/mol. The summed E-state index contributed by atoms with van der Waals surface area (Å²) in [6, 6.07) is 18.5. The maximum absolute atomic E-state index is 11.8. The van der Waals surface area contributed by atoms with Gasteiger partial charge in [0.2, 0.25) is 12.7 Å². The van der Waals surface area contributed by atoms with E-state index >= 15 is 0 Å². The first-order valence-corrected chi connectivity index (χ1v) is 12.4. The molecule has 0 aliphatic carbocycles. The molecule has 212 valence electrons. The Hall–Kier alpha value is -5.04. The number of amides is 3. The van der Waals surface area contributed by atoms with E-state index in [9.17, 15) is 14.4 Å². The topological polar surface area (TPSA) is 208 Å². The molecule has 1 unspecified atom stereocenters. The fourth-order valence-electron chi connectivity index (χ4n) is 3.70. The predicted octanol–water partition coefficient (Wildman–Crippen LogP) is 1.81. The number of nitrogens with two attached hydrogens (primary N) is 3. The van der Waals surface area contributed by atoms with Gasteiger partial charge in [-0.15, -0.1) is 0 Å². The Balaban J connectivity index is 0.000000222. The summed E-state index contributed by atoms with van der Waals surface area (Å²) in [5, 5.41) is 14.2. The van der Waals surface area contributed by atoms with E-state index in [-0.39, 0.29) is 43.5 Å². The normalized spacial score (nSPS) is 13.9. The lowest BCUT2D eigenvalue weighted by molar-refractivity contribution is -0.115. The van der Waals surface area contributed by atoms with Crippen LogP contribution in [0.15, 0.2) is 66.7 Å². The minimum Gasteiger partial charge on any atom is -0.455 e. The molecule has 2 heterocycles. The van der Waals surface area contributed by atoms with E-state index in [1.165, 1.54) is 11.0 Å². The van der Waals surface area contributed by atoms with Crippen molar-refractivity contribution >= 4 is 40.9 Å². The van der Waals surface area contributed by atoms with Gasteiger partial charge in [0.1, 0.15) is 17.4 Å². The van der Waals surface area contributed by atoms with E-state index in [1.807, 2.05) is 0 Å². The number of likely N-dealkylation sites (tertiary alicyclic amines) is 1. The molecule has 3 amide bonds. The maximum atomic E-state index is 11.8. The van der Waals surface area contributed by atoms with Gasteiger partial charge in [-0.3, -0.25) is 9.59 Å². The summed E-state index contributed by atoms with van der Waals surface area (Å²) < 4.78 is 10.3. The van der Waals surface area contributed by atoms with Crippen LogP contribution < -0.4 is 32.6 Å². The second kappa shape index (κ2) is 14.8. The number of nitrogens with zero attached hydrogens (tertiary/aromatic N) is 2. The highest BCUT2D eigenvalue weighted by Crippen LogP contribution is 2.21. The number of hydrogen-bond donors (Lipinski definition) is 6. The molecule has 0 spiro atoms. The largest absolute Gasteiger partial charge is 0.455 e. The summed E-state index contributed by atoms with van der Waals surface area (Å²) in [5.74, 6) is 0.170. The van der Waals surface area contributed by atoms with Crippen LogP contribution in [-0.4, -0.2) is 65.4 Å². The number of ether oxygens (including phenoxy) is 2. The van der Waals surface area contributed by atoms with Gasteiger partial charge in [-0.25, -0.2) is 9.78 Å². The lowest BCUT2D eigenvalue weighted by atomic mass is 10.2. The fourth-order valence-corrected chi connectivity index (χ4v) is 3.70. The van der Waals surface area contributed by atoms with Crippen LogP contribution in [0.2, 0.25) is 0 Å². The third-order valence-corrected chi connectivity index (χ3v) is 5.81. The first-order valence-electron chi connectivity index (χ1n) is 12.4. The zero-order valence-electron chi connectivity index (χ0n) is 21.8. The fraction of sp³-hybridized carbons (Fsp3) is 0.259. The average Bonchev–Trinajstić information content (AvgIpc) is 3.45. The van der Waals surface area contributed by atoms with E-state index in [4.69, 9.17) is 31.8 Å². The molecule has 1 aliphatic rings. The van der Waals surface area contributed by atoms with Gasteiger partial charge in [0.05, 0.1) is 30.6 Å². The van der Waals surface area contributed by atoms with Gasteiger partial charge in [0, 0.05) is 12.1 Å². The number of pyridine rings is 1. The van der Waals surface area contributed by atoms with Crippen molar-refractivity contribution < 1.29 is 29.0 Å². The molecule has 1 aliphatic heterocycles. The second-order valence-corrected chi connectivity index (χ2v) is 8.65. The molecule has 1 atom stereocenters. The Bertz CT molecular complexity index is 1290. The van der Waals surface area contributed by atoms with Crippen LogP contribution in [0.25, 0.3) is 0 Å². The van der Waals surface area contributed by atoms with Crippen molar-refractivity contribution in [3.63, 3.8) is 0 Å². The highest BCUT2D eigenvalue weighted by atomic mass is 16.7. The van der Waals surface area contributed by atoms with Gasteiger partial charge < -0.3 is 47.3 Å². The molecule has 1 aromatic heterocycles. The summed E-state index contributed by atoms with van der Waals surface area (Å²) in [6.07, 6.45) is 1.22. The zero-order chi connectivity index (χ0) is 28.9. The number of aliphatic hydroxyl groups is 1. The minimum atomic E-state index is -0.467. The van der Waals surface area contributed by atoms with Crippen molar-refractivity contribution in [1.82, 2.24) is 15.2 Å². The van der Waals surface area contributed by atoms with Crippen molar-refractivity contribution in [2.24, 2.45) is 0 Å². The third kappa shape index (κ3) is 8.77. The number of nitrogens with one attached hydrogen (secondary N) is 2. The molecule has 0 radical (unpaired) electrons. The highest BCUT2D eigenvalue weighted by molar-refractivity contribution is 5.99. The summed E-state index contributed by atoms with van der Waals surface area (Å²) in [4.78, 5) is 40.7. The SMILES string of the molecule is Nc1ccc(NC(=O)CNC(=O)c2ccccc2)nc1N.Nc1ccccc1OCOC(=O)N1CCCC1CO. The third-order valence-electron chi connectivity index (χ3n) is 5.81. The standard InChI is InChI=1S/C14H15N5O2.C13H18N2O4/c15-10-6-7-11(19-13(10)16)18-12(20)8-17-14(21)9-4-2-1-3-5-9;14-11-5-1-2-6-12(11)18-9-19-13(17)15-7-3-4-10(15)8-16/h1-7H,8,15H2,(H,17,21)(H3,16,18,19,20);1-2,5-6,10,16H,3-4,7-9,14H2. The molecular weight excluding hydrogens is 518 g/mol. The van der Waals surface area contributed by atoms with Crippen LogP contribution in [0.4, 0.5) is 27.8 Å². The van der Waals surface area contributed by atoms with E-state index in [0.29, 0.717) is 29.2 Å². The second-order valence-electron chi connectivity index (χ2n) is 8.65. The van der Waals surface area contributed by atoms with E-state index in [1.54, 1.807) is 60.7 Å². The zero-order valence-corrected chi connectivity index (χ0v) is 21.8. The summed E-state index contributed by atoms with van der Waals surface area (Å²) in [6.45, 7) is 0.209. The Morgan fingerprint density at radius 2 is 1.70 bits per heavy atom. The minimum absolute atomic E-state index is 0.0401. The van der Waals surface area contributed by atoms with E-state index in [0.717, 1.165) is 12.8 Å². The molecule has 3 aromatic rings. The Labute approximate surface area is 231 Å². The molecule has 13 heteroatoms. The van der Waals surface area contributed by atoms with Gasteiger partial charge in [0.15, 0.2) is 0 Å². The van der Waals surface area contributed by atoms with Crippen LogP contribution >= 0.6 is 0 Å². The van der Waals surface area contributed by atoms with Gasteiger partial charge in [-0.1, -0.05) is 30.3 Å². The van der Waals surface area contributed by atoms with Crippen LogP contribution in [0, 0.1) is 0 Å². The van der Waals surface area contributed by atoms with Crippen LogP contribution in [0.3, 0.4) is 0 Å². The van der Waals surface area contributed by atoms with Gasteiger partial charge >= 0.3 is 6.09 Å². The number of carbonyl (C=O) groups is 3. The van der Waals surface area contributed by atoms with E-state index in [2.05, 4.69) is 15.6 Å². The molecule has 1 fully saturated rings. The number of para-hydroxylation sites is 2. The molecule has 4 rings (SSSR count). The number of rotatable bonds is 8. The smallest absolute Gasteiger partial charge is 0.412 e. The molecule has 40 heavy (non-hydrogen) atoms. The monoisotopic (exact) mass is 551 g/mol. The summed E-state index contributed by atoms with van der Waals surface area (Å²) in [5.41, 5.74) is 18.1. The Morgan fingerprint density at radius 3 is 2.40 bits per heavy atom. The number of anilines is 4. The highest BCUT2D eigenvalue weighted by Gasteiger charge is 2.29. The molecule has 1 saturated heterocycles. The summed E-state index contributed by atoms with van der Waals surface area (Å²) in [7, 11) is 0. The van der Waals surface area contributed by atoms with Gasteiger partial charge in [-0.05, 0) is 49.2 Å². The molecule has 0 bridgehead atoms. The van der Waals surface area contributed by atoms with Crippen molar-refractivity contribution in [3.8, 4) is 5.75 Å². The molecule has 9 N–H and O–H groups in total. The van der Waals surface area contributed by atoms with Gasteiger partial charge in [-0.2, -0.15) is 0 Å². The number of carbonyl (C=O) groups excluding carboxylic acids is 3. The van der Waals surface area contributed by atoms with Crippen molar-refractivity contribution in [3.05, 3.63) is 72.3 Å². The van der Waals surface area contributed by atoms with Crippen LogP contribution in [0.1, 0.15) is 23.2 Å². The average molecular weight is 552 g/mol. The van der Waals surface area contributed by atoms with Crippen LogP contribution in [-0.2, 0) is 9.53 Å². The maximum Gasteiger partial charge on any atom is 0.412 e. The quantitative estimate of drug-likeness (QED) is 0.177. The van der Waals surface area contributed by atoms with Crippen LogP contribution in [0.5, 0.6) is 5.75 Å². The number of hydrogen-bond acceptors (Lipinski definition) is 10.